The van der Waals surface area contributed by atoms with Gasteiger partial charge in [-0.05, 0) is 49.6 Å². The van der Waals surface area contributed by atoms with Gasteiger partial charge in [0.05, 0.1) is 10.9 Å². The van der Waals surface area contributed by atoms with E-state index in [2.05, 4.69) is 5.32 Å². The van der Waals surface area contributed by atoms with Crippen molar-refractivity contribution >= 4 is 21.6 Å². The van der Waals surface area contributed by atoms with Crippen molar-refractivity contribution in [3.05, 3.63) is 83.9 Å². The van der Waals surface area contributed by atoms with Crippen molar-refractivity contribution in [1.29, 1.82) is 0 Å². The fraction of sp³-hybridized carbons (Fsp3) is 0.296. The molecule has 1 aliphatic rings. The minimum atomic E-state index is -3.56. The third-order valence-corrected chi connectivity index (χ3v) is 8.47. The van der Waals surface area contributed by atoms with Crippen molar-refractivity contribution in [2.45, 2.75) is 31.7 Å². The number of amides is 1. The largest absolute Gasteiger partial charge is 0.324 e. The van der Waals surface area contributed by atoms with E-state index in [9.17, 15) is 13.2 Å². The summed E-state index contributed by atoms with van der Waals surface area (Å²) in [6.07, 6.45) is 0. The Balaban J connectivity index is 1.42. The molecule has 1 fully saturated rings. The highest BCUT2D eigenvalue weighted by Crippen LogP contribution is 2.28. The average Bonchev–Trinajstić information content (AvgIpc) is 2.86. The highest BCUT2D eigenvalue weighted by molar-refractivity contribution is 7.89. The molecule has 3 aromatic rings. The topological polar surface area (TPSA) is 69.7 Å². The molecule has 0 unspecified atom stereocenters. The highest BCUT2D eigenvalue weighted by Gasteiger charge is 2.32. The molecule has 0 spiro atoms. The van der Waals surface area contributed by atoms with Crippen LogP contribution in [0.4, 0.5) is 5.69 Å². The fourth-order valence-electron chi connectivity index (χ4n) is 4.32. The summed E-state index contributed by atoms with van der Waals surface area (Å²) >= 11 is 0. The van der Waals surface area contributed by atoms with E-state index in [1.165, 1.54) is 4.31 Å². The molecule has 0 saturated carbocycles. The molecule has 178 valence electrons. The second-order valence-corrected chi connectivity index (χ2v) is 10.7. The Morgan fingerprint density at radius 2 is 1.53 bits per heavy atom. The number of aryl methyl sites for hydroxylation is 2. The molecule has 0 radical (unpaired) electrons. The van der Waals surface area contributed by atoms with Gasteiger partial charge < -0.3 is 5.32 Å². The number of nitrogens with one attached hydrogen (secondary N) is 1. The maximum Gasteiger partial charge on any atom is 0.243 e. The van der Waals surface area contributed by atoms with E-state index in [-0.39, 0.29) is 11.9 Å². The van der Waals surface area contributed by atoms with Gasteiger partial charge in [-0.15, -0.1) is 0 Å². The number of carbonyl (C=O) groups is 1. The van der Waals surface area contributed by atoms with Crippen LogP contribution in [0, 0.1) is 13.8 Å². The minimum absolute atomic E-state index is 0.103. The quantitative estimate of drug-likeness (QED) is 0.575. The molecule has 6 nitrogen and oxygen atoms in total. The smallest absolute Gasteiger partial charge is 0.243 e. The van der Waals surface area contributed by atoms with E-state index < -0.39 is 10.0 Å². The Hall–Kier alpha value is -3.00. The van der Waals surface area contributed by atoms with Gasteiger partial charge in [-0.25, -0.2) is 8.42 Å². The summed E-state index contributed by atoms with van der Waals surface area (Å²) in [5, 5.41) is 3.07. The second-order valence-electron chi connectivity index (χ2n) is 8.79. The summed E-state index contributed by atoms with van der Waals surface area (Å²) in [4.78, 5) is 15.5. The van der Waals surface area contributed by atoms with Crippen molar-refractivity contribution in [1.82, 2.24) is 9.21 Å². The number of nitrogens with zero attached hydrogens (tertiary/aromatic N) is 2. The summed E-state index contributed by atoms with van der Waals surface area (Å²) in [6, 6.07) is 22.8. The van der Waals surface area contributed by atoms with Gasteiger partial charge in [0.2, 0.25) is 15.9 Å². The van der Waals surface area contributed by atoms with Crippen molar-refractivity contribution in [2.75, 3.05) is 31.5 Å². The molecule has 34 heavy (non-hydrogen) atoms. The standard InChI is InChI=1S/C27H31N3O3S/c1-20-13-14-21(2)26(19-20)34(32,33)30-17-15-29(16-18-30)22(3)27(31)28-25-12-8-7-11-24(25)23-9-5-4-6-10-23/h4-14,19,22H,15-18H2,1-3H3,(H,28,31)/t22-/m1/s1. The molecular formula is C27H31N3O3S. The number of hydrogen-bond donors (Lipinski definition) is 1. The van der Waals surface area contributed by atoms with Gasteiger partial charge in [0, 0.05) is 37.4 Å². The summed E-state index contributed by atoms with van der Waals surface area (Å²) in [7, 11) is -3.56. The van der Waals surface area contributed by atoms with Crippen LogP contribution in [0.2, 0.25) is 0 Å². The third kappa shape index (κ3) is 5.06. The number of hydrogen-bond acceptors (Lipinski definition) is 4. The summed E-state index contributed by atoms with van der Waals surface area (Å²) in [6.45, 7) is 7.30. The lowest BCUT2D eigenvalue weighted by Crippen LogP contribution is -2.54. The number of rotatable bonds is 6. The molecule has 1 aliphatic heterocycles. The number of para-hydroxylation sites is 1. The zero-order valence-corrected chi connectivity index (χ0v) is 20.7. The van der Waals surface area contributed by atoms with Crippen LogP contribution in [-0.4, -0.2) is 55.8 Å². The van der Waals surface area contributed by atoms with Crippen LogP contribution >= 0.6 is 0 Å². The van der Waals surface area contributed by atoms with Crippen LogP contribution in [0.1, 0.15) is 18.1 Å². The van der Waals surface area contributed by atoms with Crippen LogP contribution in [-0.2, 0) is 14.8 Å². The fourth-order valence-corrected chi connectivity index (χ4v) is 6.05. The summed E-state index contributed by atoms with van der Waals surface area (Å²) in [5.74, 6) is -0.103. The lowest BCUT2D eigenvalue weighted by Gasteiger charge is -2.37. The van der Waals surface area contributed by atoms with Gasteiger partial charge in [0.25, 0.3) is 0 Å². The Morgan fingerprint density at radius 1 is 0.882 bits per heavy atom. The molecule has 7 heteroatoms. The second kappa shape index (κ2) is 10.1. The van der Waals surface area contributed by atoms with Crippen molar-refractivity contribution in [3.63, 3.8) is 0 Å². The third-order valence-electron chi connectivity index (χ3n) is 6.43. The molecule has 1 N–H and O–H groups in total. The van der Waals surface area contributed by atoms with E-state index in [0.717, 1.165) is 27.9 Å². The number of piperazine rings is 1. The highest BCUT2D eigenvalue weighted by atomic mass is 32.2. The zero-order chi connectivity index (χ0) is 24.3. The lowest BCUT2D eigenvalue weighted by atomic mass is 10.0. The van der Waals surface area contributed by atoms with Gasteiger partial charge in [-0.2, -0.15) is 4.31 Å². The van der Waals surface area contributed by atoms with Gasteiger partial charge in [-0.3, -0.25) is 9.69 Å². The Labute approximate surface area is 202 Å². The van der Waals surface area contributed by atoms with Crippen LogP contribution < -0.4 is 5.32 Å². The summed E-state index contributed by atoms with van der Waals surface area (Å²) in [5.41, 5.74) is 4.44. The Morgan fingerprint density at radius 3 is 2.24 bits per heavy atom. The number of benzene rings is 3. The van der Waals surface area contributed by atoms with Gasteiger partial charge in [0.1, 0.15) is 0 Å². The number of carbonyl (C=O) groups excluding carboxylic acids is 1. The van der Waals surface area contributed by atoms with Crippen molar-refractivity contribution in [3.8, 4) is 11.1 Å². The van der Waals surface area contributed by atoms with E-state index in [0.29, 0.717) is 31.1 Å². The predicted molar refractivity (Wildman–Crippen MR) is 136 cm³/mol. The average molecular weight is 478 g/mol. The first-order valence-corrected chi connectivity index (χ1v) is 13.0. The Bertz CT molecular complexity index is 1270. The SMILES string of the molecule is Cc1ccc(C)c(S(=O)(=O)N2CCN([C@H](C)C(=O)Nc3ccccc3-c3ccccc3)CC2)c1. The van der Waals surface area contributed by atoms with E-state index >= 15 is 0 Å². The van der Waals surface area contributed by atoms with Crippen LogP contribution in [0.15, 0.2) is 77.7 Å². The monoisotopic (exact) mass is 477 g/mol. The molecule has 0 aliphatic carbocycles. The van der Waals surface area contributed by atoms with Crippen molar-refractivity contribution < 1.29 is 13.2 Å². The van der Waals surface area contributed by atoms with Crippen LogP contribution in [0.25, 0.3) is 11.1 Å². The molecule has 1 heterocycles. The first-order valence-electron chi connectivity index (χ1n) is 11.5. The minimum Gasteiger partial charge on any atom is -0.324 e. The summed E-state index contributed by atoms with van der Waals surface area (Å²) < 4.78 is 28.0. The molecular weight excluding hydrogens is 446 g/mol. The maximum atomic E-state index is 13.2. The molecule has 1 atom stereocenters. The zero-order valence-electron chi connectivity index (χ0n) is 19.9. The predicted octanol–water partition coefficient (Wildman–Crippen LogP) is 4.30. The van der Waals surface area contributed by atoms with Gasteiger partial charge in [-0.1, -0.05) is 60.7 Å². The van der Waals surface area contributed by atoms with Crippen LogP contribution in [0.5, 0.6) is 0 Å². The molecule has 0 bridgehead atoms. The molecule has 3 aromatic carbocycles. The lowest BCUT2D eigenvalue weighted by molar-refractivity contribution is -0.121. The number of anilines is 1. The molecule has 1 amide bonds. The number of sulfonamides is 1. The van der Waals surface area contributed by atoms with E-state index in [1.54, 1.807) is 6.07 Å². The van der Waals surface area contributed by atoms with Crippen LogP contribution in [0.3, 0.4) is 0 Å². The van der Waals surface area contributed by atoms with E-state index in [4.69, 9.17) is 0 Å². The van der Waals surface area contributed by atoms with Gasteiger partial charge in [0.15, 0.2) is 0 Å². The van der Waals surface area contributed by atoms with Crippen molar-refractivity contribution in [2.24, 2.45) is 0 Å². The molecule has 4 rings (SSSR count). The van der Waals surface area contributed by atoms with E-state index in [1.807, 2.05) is 92.4 Å². The molecule has 1 saturated heterocycles. The maximum absolute atomic E-state index is 13.2. The first kappa shape index (κ1) is 24.1. The normalized spacial score (nSPS) is 16.2. The first-order chi connectivity index (χ1) is 16.3. The Kier molecular flexibility index (Phi) is 7.16. The van der Waals surface area contributed by atoms with Gasteiger partial charge >= 0.3 is 0 Å². The molecule has 0 aromatic heterocycles.